The zero-order valence-corrected chi connectivity index (χ0v) is 36.2. The summed E-state index contributed by atoms with van der Waals surface area (Å²) in [6, 6.07) is 12.8. The third-order valence-electron chi connectivity index (χ3n) is 13.1. The molecule has 17 heteroatoms. The predicted molar refractivity (Wildman–Crippen MR) is 234 cm³/mol. The monoisotopic (exact) mass is 864 g/mol. The van der Waals surface area contributed by atoms with Gasteiger partial charge in [0.1, 0.15) is 11.6 Å². The number of imidazole rings is 1. The summed E-state index contributed by atoms with van der Waals surface area (Å²) in [4.78, 5) is 54.6. The second kappa shape index (κ2) is 17.7. The number of amides is 3. The van der Waals surface area contributed by atoms with Gasteiger partial charge in [-0.1, -0.05) is 6.92 Å². The Labute approximate surface area is 364 Å². The second-order valence-electron chi connectivity index (χ2n) is 17.5. The second-order valence-corrected chi connectivity index (χ2v) is 17.5. The van der Waals surface area contributed by atoms with Gasteiger partial charge in [-0.2, -0.15) is 5.10 Å². The number of piperazine rings is 1. The van der Waals surface area contributed by atoms with Crippen LogP contribution in [0.1, 0.15) is 73.0 Å². The van der Waals surface area contributed by atoms with E-state index in [0.717, 1.165) is 67.6 Å². The van der Waals surface area contributed by atoms with Crippen LogP contribution in [0.25, 0.3) is 22.3 Å². The van der Waals surface area contributed by atoms with Crippen LogP contribution >= 0.6 is 0 Å². The number of carbonyl (C=O) groups excluding carboxylic acids is 3. The molecule has 3 fully saturated rings. The van der Waals surface area contributed by atoms with Crippen molar-refractivity contribution in [2.45, 2.75) is 76.9 Å². The molecule has 3 aromatic heterocycles. The molecule has 63 heavy (non-hydrogen) atoms. The Morgan fingerprint density at radius 3 is 2.46 bits per heavy atom. The Balaban J connectivity index is 0.911. The van der Waals surface area contributed by atoms with Crippen LogP contribution in [0.5, 0.6) is 5.88 Å². The number of halogens is 2. The fourth-order valence-electron chi connectivity index (χ4n) is 9.89. The van der Waals surface area contributed by atoms with Gasteiger partial charge in [0, 0.05) is 94.1 Å². The van der Waals surface area contributed by atoms with Crippen molar-refractivity contribution in [1.82, 2.24) is 34.5 Å². The van der Waals surface area contributed by atoms with Crippen LogP contribution < -0.4 is 25.2 Å². The molecule has 4 aliphatic heterocycles. The molecule has 0 radical (unpaired) electrons. The molecule has 0 aliphatic carbocycles. The van der Waals surface area contributed by atoms with E-state index < -0.39 is 29.4 Å². The van der Waals surface area contributed by atoms with Crippen molar-refractivity contribution >= 4 is 46.1 Å². The van der Waals surface area contributed by atoms with Gasteiger partial charge in [-0.3, -0.25) is 34.9 Å². The third kappa shape index (κ3) is 8.60. The number of hydrogen-bond donors (Lipinski definition) is 2. The van der Waals surface area contributed by atoms with E-state index in [9.17, 15) is 14.4 Å². The molecule has 0 unspecified atom stereocenters. The molecule has 7 heterocycles. The first kappa shape index (κ1) is 42.4. The first-order valence-electron chi connectivity index (χ1n) is 22.0. The topological polar surface area (TPSA) is 152 Å². The van der Waals surface area contributed by atoms with Crippen LogP contribution in [0.4, 0.5) is 26.1 Å². The number of nitrogens with zero attached hydrogens (tertiary/aromatic N) is 8. The van der Waals surface area contributed by atoms with E-state index in [1.165, 1.54) is 12.1 Å². The number of benzene rings is 2. The number of fused-ring (bicyclic) bond motifs is 7. The lowest BCUT2D eigenvalue weighted by Gasteiger charge is -2.47. The van der Waals surface area contributed by atoms with Crippen LogP contribution in [0, 0.1) is 24.5 Å². The van der Waals surface area contributed by atoms with Gasteiger partial charge < -0.3 is 23.8 Å². The Morgan fingerprint density at radius 2 is 1.70 bits per heavy atom. The quantitative estimate of drug-likeness (QED) is 0.199. The smallest absolute Gasteiger partial charge is 0.258 e. The van der Waals surface area contributed by atoms with Gasteiger partial charge in [0.25, 0.3) is 5.91 Å². The third-order valence-corrected chi connectivity index (χ3v) is 13.1. The van der Waals surface area contributed by atoms with Crippen molar-refractivity contribution in [1.29, 1.82) is 0 Å². The van der Waals surface area contributed by atoms with Gasteiger partial charge in [0.05, 0.1) is 53.7 Å². The molecule has 3 saturated heterocycles. The average molecular weight is 865 g/mol. The molecule has 0 spiro atoms. The normalized spacial score (nSPS) is 21.9. The number of piperidine rings is 2. The van der Waals surface area contributed by atoms with Gasteiger partial charge in [-0.05, 0) is 87.4 Å². The van der Waals surface area contributed by atoms with Crippen LogP contribution in [-0.4, -0.2) is 112 Å². The van der Waals surface area contributed by atoms with Gasteiger partial charge >= 0.3 is 0 Å². The highest BCUT2D eigenvalue weighted by molar-refractivity contribution is 6.05. The summed E-state index contributed by atoms with van der Waals surface area (Å²) in [5.41, 5.74) is 5.47. The van der Waals surface area contributed by atoms with E-state index in [1.54, 1.807) is 30.1 Å². The number of imide groups is 1. The molecular weight excluding hydrogens is 811 g/mol. The number of hydrogen-bond acceptors (Lipinski definition) is 11. The zero-order chi connectivity index (χ0) is 43.9. The number of carbonyl (C=O) groups is 3. The Hall–Kier alpha value is -5.94. The highest BCUT2D eigenvalue weighted by Crippen LogP contribution is 2.36. The van der Waals surface area contributed by atoms with Crippen molar-refractivity contribution in [3.63, 3.8) is 0 Å². The molecule has 3 atom stereocenters. The van der Waals surface area contributed by atoms with Crippen molar-refractivity contribution in [3.8, 4) is 17.1 Å². The summed E-state index contributed by atoms with van der Waals surface area (Å²) in [6.07, 6.45) is 5.23. The Morgan fingerprint density at radius 1 is 0.905 bits per heavy atom. The number of nitrogens with one attached hydrogen (secondary N) is 2. The van der Waals surface area contributed by atoms with Crippen molar-refractivity contribution < 1.29 is 32.6 Å². The predicted octanol–water partition coefficient (Wildman–Crippen LogP) is 5.81. The first-order valence-corrected chi connectivity index (χ1v) is 22.0. The number of methoxy groups -OCH3 is 1. The summed E-state index contributed by atoms with van der Waals surface area (Å²) < 4.78 is 46.7. The summed E-state index contributed by atoms with van der Waals surface area (Å²) in [6.45, 7) is 9.42. The minimum atomic E-state index is -1.03. The molecule has 2 aromatic carbocycles. The Bertz CT molecular complexity index is 2530. The fraction of sp³-hybridized carbons (Fsp3) is 0.478. The molecule has 9 rings (SSSR count). The lowest BCUT2D eigenvalue weighted by molar-refractivity contribution is -0.134. The van der Waals surface area contributed by atoms with E-state index >= 15 is 8.78 Å². The molecule has 15 nitrogen and oxygen atoms in total. The average Bonchev–Trinajstić information content (AvgIpc) is 3.80. The molecule has 332 valence electrons. The standard InChI is InChI=1S/C46H54F2N10O5/c1-27-6-5-17-63-45-35(23-49-54(45)3)39-19-29(18-28(2)50-39)43(60)53-46-51-38-9-7-31(22-40(38)58(46)24-27)57-16-15-56(25-33(57)26-62-4)30-11-13-55(14-12-30)32-20-36(47)42(37(48)21-32)34-8-10-41(59)52-44(34)61/h7,9,18-23,27,30,33-34H,5-6,8,10-17,24-26H2,1-4H3,(H,51,53,60)(H,52,59,61)/t27-,33-,34+/m1/s1. The first-order chi connectivity index (χ1) is 30.4. The Kier molecular flexibility index (Phi) is 11.9. The molecular formula is C46H54F2N10O5. The molecule has 0 saturated carbocycles. The highest BCUT2D eigenvalue weighted by atomic mass is 19.1. The number of aromatic nitrogens is 5. The lowest BCUT2D eigenvalue weighted by Crippen LogP contribution is -2.59. The maximum atomic E-state index is 15.4. The van der Waals surface area contributed by atoms with Crippen molar-refractivity contribution in [2.75, 3.05) is 68.2 Å². The van der Waals surface area contributed by atoms with Crippen molar-refractivity contribution in [3.05, 3.63) is 77.1 Å². The SMILES string of the molecule is COC[C@H]1CN(C2CCN(c3cc(F)c([C@@H]4CCC(=O)NC4=O)c(F)c3)CC2)CCN1c1ccc2nc3n(c2c1)C[C@H](C)CCCOc1c(cnn1C)-c1cc(cc(C)n1)C(=O)N3. The van der Waals surface area contributed by atoms with Gasteiger partial charge in [0.15, 0.2) is 0 Å². The summed E-state index contributed by atoms with van der Waals surface area (Å²) in [5.74, 6) is -2.56. The number of pyridine rings is 1. The van der Waals surface area contributed by atoms with E-state index in [4.69, 9.17) is 19.4 Å². The van der Waals surface area contributed by atoms with Crippen molar-refractivity contribution in [2.24, 2.45) is 13.0 Å². The van der Waals surface area contributed by atoms with Gasteiger partial charge in [0.2, 0.25) is 23.6 Å². The molecule has 5 aromatic rings. The van der Waals surface area contributed by atoms with Gasteiger partial charge in [-0.25, -0.2) is 18.4 Å². The van der Waals surface area contributed by atoms with Crippen LogP contribution in [0.15, 0.2) is 48.7 Å². The number of ether oxygens (including phenoxy) is 2. The van der Waals surface area contributed by atoms with Gasteiger partial charge in [-0.15, -0.1) is 0 Å². The fourth-order valence-corrected chi connectivity index (χ4v) is 9.89. The van der Waals surface area contributed by atoms with E-state index in [2.05, 4.69) is 49.2 Å². The number of rotatable bonds is 6. The molecule has 2 bridgehead atoms. The maximum Gasteiger partial charge on any atom is 0.258 e. The minimum Gasteiger partial charge on any atom is -0.477 e. The van der Waals surface area contributed by atoms with Crippen LogP contribution in [0.2, 0.25) is 0 Å². The molecule has 4 aliphatic rings. The van der Waals surface area contributed by atoms with Crippen LogP contribution in [0.3, 0.4) is 0 Å². The van der Waals surface area contributed by atoms with E-state index in [1.807, 2.05) is 24.9 Å². The molecule has 3 amide bonds. The largest absolute Gasteiger partial charge is 0.477 e. The van der Waals surface area contributed by atoms with Crippen LogP contribution in [-0.2, 0) is 27.9 Å². The summed E-state index contributed by atoms with van der Waals surface area (Å²) in [7, 11) is 3.56. The summed E-state index contributed by atoms with van der Waals surface area (Å²) in [5, 5.41) is 9.76. The maximum absolute atomic E-state index is 15.4. The molecule has 2 N–H and O–H groups in total. The number of aryl methyl sites for hydroxylation is 2. The lowest BCUT2D eigenvalue weighted by atomic mass is 9.89. The summed E-state index contributed by atoms with van der Waals surface area (Å²) >= 11 is 0. The number of anilines is 3. The zero-order valence-electron chi connectivity index (χ0n) is 36.2. The van der Waals surface area contributed by atoms with E-state index in [0.29, 0.717) is 67.3 Å². The highest BCUT2D eigenvalue weighted by Gasteiger charge is 2.36. The minimum absolute atomic E-state index is 0.0483. The van der Waals surface area contributed by atoms with E-state index in [-0.39, 0.29) is 42.3 Å².